The number of ether oxygens (including phenoxy) is 7. The lowest BCUT2D eigenvalue weighted by Gasteiger charge is -2.48. The van der Waals surface area contributed by atoms with Crippen molar-refractivity contribution in [1.29, 1.82) is 0 Å². The molecule has 0 bridgehead atoms. The van der Waals surface area contributed by atoms with Gasteiger partial charge in [-0.2, -0.15) is 0 Å². The zero-order valence-electron chi connectivity index (χ0n) is 73.2. The molecule has 1 aromatic heterocycles. The normalized spacial score (nSPS) is 31.0. The van der Waals surface area contributed by atoms with Gasteiger partial charge in [-0.05, 0) is 322 Å². The van der Waals surface area contributed by atoms with E-state index in [0.717, 1.165) is 162 Å². The summed E-state index contributed by atoms with van der Waals surface area (Å²) in [6.45, 7) is 12.2. The Morgan fingerprint density at radius 3 is 1.21 bits per heavy atom. The second-order valence-corrected chi connectivity index (χ2v) is 38.7. The van der Waals surface area contributed by atoms with Gasteiger partial charge in [0, 0.05) is 71.2 Å². The Balaban J connectivity index is 0.000000122. The molecule has 7 aromatic rings. The number of carbonyl (C=O) groups excluding carboxylic acids is 6. The van der Waals surface area contributed by atoms with E-state index in [1.54, 1.807) is 40.8 Å². The number of carboxylic acid groups (broad SMARTS) is 1. The highest BCUT2D eigenvalue weighted by molar-refractivity contribution is 5.94. The summed E-state index contributed by atoms with van der Waals surface area (Å²) in [6, 6.07) is 40.6. The molecule has 652 valence electrons. The SMILES string of the molecule is CCOC(=O)CC1CC2C3CCc4cc(OCc5ccccc5)c(OC)cc4C3CC[C@]2(C)C1=O.COc1cc2c(cc1O)CCC1C2CC[C@]2(C)C(=O)C(CC(=O)NCc3cccnc3)CC12.COc1cc2c(cc1O)CCC1C2CC[C@]2(C)C(=O)C(CC(=O)O)CC12.COc1cc2c(cc1OCc1ccccc1)CCC1C2CC[C@]2(C)C(=O)CCC12. The Kier molecular flexibility index (Phi) is 25.2. The molecule has 12 aliphatic rings. The summed E-state index contributed by atoms with van der Waals surface area (Å²) >= 11 is 0. The molecular formula is C104H124N2O17. The number of methoxy groups -OCH3 is 4. The van der Waals surface area contributed by atoms with Crippen LogP contribution in [0.5, 0.6) is 46.0 Å². The van der Waals surface area contributed by atoms with E-state index in [1.165, 1.54) is 50.9 Å². The Hall–Kier alpha value is -10.0. The zero-order chi connectivity index (χ0) is 86.4. The van der Waals surface area contributed by atoms with Crippen molar-refractivity contribution in [2.45, 2.75) is 232 Å². The standard InChI is InChI=1S/C30H36O5.C27H32N2O4.C26H30O3.C21H26O5/c1-4-34-28(31)16-21-14-25-23-11-10-20-15-27(35-18-19-8-6-5-7-9-19)26(33-3)17-24(20)22(23)12-13-30(25,2)29(21)32;1-27-8-7-19-20(6-5-17-11-23(30)24(33-2)13-21(17)19)22(27)10-18(26(27)32)12-25(31)29-15-16-4-3-9-28-14-16;1-26-13-12-19-20(22(26)10-11-25(26)27)9-8-18-14-24(23(28-2)15-21(18)19)29-16-17-6-4-3-5-7-17;1-21-6-5-13-14(16(21)7-12(20(21)25)9-19(23)24)4-3-11-8-17(22)18(26-2)10-15(11)13/h5-9,15,17,21-23,25H,4,10-14,16,18H2,1-3H3;3-4,9,11,13-14,18-20,22,30H,5-8,10,12,15H2,1-2H3,(H,29,31);3-7,14-15,19-20,22H,8-13,16H2,1-2H3;8,10,12-14,16,22H,3-7,9H2,1-2H3,(H,23,24)/t21?,22?,23?,25?,30-;18?,19?,20?,22?,27-;19?,20?,22?,26-;12?,13?,14?,16?,21-/m0000/s1. The quantitative estimate of drug-likeness (QED) is 0.0548. The van der Waals surface area contributed by atoms with Crippen molar-refractivity contribution in [2.75, 3.05) is 35.0 Å². The number of benzene rings is 6. The molecule has 19 rings (SSSR count). The Labute approximate surface area is 724 Å². The summed E-state index contributed by atoms with van der Waals surface area (Å²) < 4.78 is 39.6. The Morgan fingerprint density at radius 1 is 0.431 bits per heavy atom. The topological polar surface area (TPSA) is 270 Å². The predicted octanol–water partition coefficient (Wildman–Crippen LogP) is 19.3. The number of fused-ring (bicyclic) bond motifs is 20. The Bertz CT molecular complexity index is 5110. The number of ketones is 4. The lowest BCUT2D eigenvalue weighted by molar-refractivity contribution is -0.146. The van der Waals surface area contributed by atoms with Crippen molar-refractivity contribution in [3.8, 4) is 46.0 Å². The van der Waals surface area contributed by atoms with E-state index in [9.17, 15) is 43.8 Å². The van der Waals surface area contributed by atoms with Crippen LogP contribution in [0, 0.1) is 86.8 Å². The predicted molar refractivity (Wildman–Crippen MR) is 466 cm³/mol. The number of carboxylic acids is 1. The van der Waals surface area contributed by atoms with E-state index in [0.29, 0.717) is 115 Å². The lowest BCUT2D eigenvalue weighted by Crippen LogP contribution is -2.42. The van der Waals surface area contributed by atoms with Crippen LogP contribution in [0.2, 0.25) is 0 Å². The highest BCUT2D eigenvalue weighted by Crippen LogP contribution is 2.66. The first-order valence-electron chi connectivity index (χ1n) is 45.5. The third-order valence-electron chi connectivity index (χ3n) is 32.6. The van der Waals surface area contributed by atoms with Gasteiger partial charge in [-0.3, -0.25) is 38.5 Å². The fraction of sp³-hybridized carbons (Fsp3) is 0.538. The van der Waals surface area contributed by atoms with E-state index in [1.807, 2.05) is 79.7 Å². The van der Waals surface area contributed by atoms with Crippen molar-refractivity contribution >= 4 is 41.0 Å². The third kappa shape index (κ3) is 16.7. The minimum absolute atomic E-state index is 0.0411. The van der Waals surface area contributed by atoms with Gasteiger partial charge >= 0.3 is 11.9 Å². The maximum atomic E-state index is 13.5. The van der Waals surface area contributed by atoms with Crippen LogP contribution in [0.3, 0.4) is 0 Å². The summed E-state index contributed by atoms with van der Waals surface area (Å²) in [4.78, 5) is 92.4. The van der Waals surface area contributed by atoms with Crippen molar-refractivity contribution in [3.05, 3.63) is 195 Å². The first kappa shape index (κ1) is 86.5. The van der Waals surface area contributed by atoms with E-state index in [2.05, 4.69) is 86.5 Å². The summed E-state index contributed by atoms with van der Waals surface area (Å²) in [5.74, 6) is 9.01. The summed E-state index contributed by atoms with van der Waals surface area (Å²) in [7, 11) is 6.57. The van der Waals surface area contributed by atoms with Crippen LogP contribution < -0.4 is 33.7 Å². The molecule has 0 saturated heterocycles. The van der Waals surface area contributed by atoms with Crippen molar-refractivity contribution in [3.63, 3.8) is 0 Å². The number of amides is 1. The molecule has 6 aromatic carbocycles. The number of nitrogens with zero attached hydrogens (tertiary/aromatic N) is 1. The summed E-state index contributed by atoms with van der Waals surface area (Å²) in [5, 5.41) is 32.4. The lowest BCUT2D eigenvalue weighted by atomic mass is 9.55. The number of aromatic nitrogens is 1. The molecule has 15 unspecified atom stereocenters. The molecule has 8 saturated carbocycles. The summed E-state index contributed by atoms with van der Waals surface area (Å²) in [6.07, 6.45) is 23.8. The average Bonchev–Trinajstić information content (AvgIpc) is 1.43. The van der Waals surface area contributed by atoms with Gasteiger partial charge in [0.05, 0.1) is 47.9 Å². The van der Waals surface area contributed by atoms with Crippen LogP contribution in [0.4, 0.5) is 0 Å². The number of aromatic hydroxyl groups is 2. The fourth-order valence-corrected chi connectivity index (χ4v) is 26.4. The van der Waals surface area contributed by atoms with Crippen molar-refractivity contribution < 1.29 is 82.0 Å². The highest BCUT2D eigenvalue weighted by Gasteiger charge is 2.62. The number of pyridine rings is 1. The number of aliphatic carboxylic acids is 1. The maximum Gasteiger partial charge on any atom is 0.306 e. The van der Waals surface area contributed by atoms with Crippen molar-refractivity contribution in [2.24, 2.45) is 86.8 Å². The minimum Gasteiger partial charge on any atom is -0.504 e. The fourth-order valence-electron chi connectivity index (χ4n) is 26.4. The largest absolute Gasteiger partial charge is 0.504 e. The van der Waals surface area contributed by atoms with E-state index >= 15 is 0 Å². The van der Waals surface area contributed by atoms with Gasteiger partial charge in [0.25, 0.3) is 0 Å². The van der Waals surface area contributed by atoms with Gasteiger partial charge in [0.1, 0.15) is 36.3 Å². The second-order valence-electron chi connectivity index (χ2n) is 38.7. The first-order valence-corrected chi connectivity index (χ1v) is 45.5. The number of hydrogen-bond donors (Lipinski definition) is 4. The number of rotatable bonds is 19. The van der Waals surface area contributed by atoms with Crippen LogP contribution >= 0.6 is 0 Å². The van der Waals surface area contributed by atoms with E-state index < -0.39 is 5.97 Å². The van der Waals surface area contributed by atoms with E-state index in [4.69, 9.17) is 38.3 Å². The van der Waals surface area contributed by atoms with Crippen LogP contribution in [-0.2, 0) is 83.7 Å². The van der Waals surface area contributed by atoms with Gasteiger partial charge in [-0.15, -0.1) is 0 Å². The molecule has 12 aliphatic carbocycles. The second kappa shape index (κ2) is 35.9. The van der Waals surface area contributed by atoms with E-state index in [-0.39, 0.29) is 105 Å². The molecule has 0 spiro atoms. The molecule has 1 amide bonds. The molecule has 4 N–H and O–H groups in total. The molecule has 0 radical (unpaired) electrons. The molecular weight excluding hydrogens is 1550 g/mol. The first-order chi connectivity index (χ1) is 59.3. The number of aryl methyl sites for hydroxylation is 4. The average molecular weight is 1670 g/mol. The summed E-state index contributed by atoms with van der Waals surface area (Å²) in [5.41, 5.74) is 12.6. The number of hydrogen-bond acceptors (Lipinski definition) is 17. The molecule has 19 atom stereocenters. The monoisotopic (exact) mass is 1670 g/mol. The number of carbonyl (C=O) groups is 7. The van der Waals surface area contributed by atoms with Crippen LogP contribution in [0.25, 0.3) is 0 Å². The third-order valence-corrected chi connectivity index (χ3v) is 32.6. The molecule has 19 nitrogen and oxygen atoms in total. The van der Waals surface area contributed by atoms with Crippen molar-refractivity contribution in [1.82, 2.24) is 10.3 Å². The minimum atomic E-state index is -0.878. The van der Waals surface area contributed by atoms with Gasteiger partial charge in [-0.25, -0.2) is 0 Å². The van der Waals surface area contributed by atoms with Crippen LogP contribution in [-0.4, -0.2) is 96.3 Å². The number of Topliss-reactive ketones (excluding diaryl/α,β-unsaturated/α-hetero) is 4. The smallest absolute Gasteiger partial charge is 0.306 e. The highest BCUT2D eigenvalue weighted by atomic mass is 16.5. The van der Waals surface area contributed by atoms with Crippen LogP contribution in [0.15, 0.2) is 134 Å². The number of phenolic OH excluding ortho intramolecular Hbond substituents is 2. The molecule has 123 heavy (non-hydrogen) atoms. The number of phenols is 2. The molecule has 8 fully saturated rings. The van der Waals surface area contributed by atoms with Crippen LogP contribution in [0.1, 0.15) is 248 Å². The molecule has 0 aliphatic heterocycles. The van der Waals surface area contributed by atoms with Gasteiger partial charge in [-0.1, -0.05) is 94.4 Å². The Morgan fingerprint density at radius 2 is 0.813 bits per heavy atom. The van der Waals surface area contributed by atoms with Gasteiger partial charge in [0.15, 0.2) is 46.0 Å². The van der Waals surface area contributed by atoms with Gasteiger partial charge < -0.3 is 53.8 Å². The number of nitrogens with one attached hydrogen (secondary N) is 1. The number of esters is 1. The molecule has 19 heteroatoms. The molecule has 1 heterocycles. The maximum absolute atomic E-state index is 13.5. The van der Waals surface area contributed by atoms with Gasteiger partial charge in [0.2, 0.25) is 5.91 Å². The zero-order valence-corrected chi connectivity index (χ0v) is 73.2.